The summed E-state index contributed by atoms with van der Waals surface area (Å²) in [5, 5.41) is 10.6. The lowest BCUT2D eigenvalue weighted by Crippen LogP contribution is -2.30. The molecule has 0 aromatic rings. The molecule has 17 nitrogen and oxygen atoms in total. The monoisotopic (exact) mass is 1450 g/mol. The Bertz CT molecular complexity index is 1940. The summed E-state index contributed by atoms with van der Waals surface area (Å²) in [6.07, 6.45) is 55.8. The van der Waals surface area contributed by atoms with Crippen LogP contribution in [0.25, 0.3) is 0 Å². The maximum atomic E-state index is 13.1. The maximum Gasteiger partial charge on any atom is 0.472 e. The van der Waals surface area contributed by atoms with Crippen molar-refractivity contribution in [3.05, 3.63) is 0 Å². The molecule has 0 saturated heterocycles. The van der Waals surface area contributed by atoms with Crippen LogP contribution in [0.4, 0.5) is 0 Å². The van der Waals surface area contributed by atoms with Crippen molar-refractivity contribution in [2.45, 2.75) is 427 Å². The molecule has 0 radical (unpaired) electrons. The van der Waals surface area contributed by atoms with Gasteiger partial charge in [-0.1, -0.05) is 357 Å². The minimum Gasteiger partial charge on any atom is -0.462 e. The normalized spacial score (nSPS) is 14.1. The molecule has 0 heterocycles. The van der Waals surface area contributed by atoms with Crippen molar-refractivity contribution < 1.29 is 80.2 Å². The first-order chi connectivity index (χ1) is 47.6. The van der Waals surface area contributed by atoms with Crippen molar-refractivity contribution in [1.29, 1.82) is 0 Å². The Morgan fingerprint density at radius 2 is 0.424 bits per heavy atom. The third-order valence-corrected chi connectivity index (χ3v) is 20.5. The molecule has 0 aliphatic carbocycles. The summed E-state index contributed by atoms with van der Waals surface area (Å²) >= 11 is 0. The summed E-state index contributed by atoms with van der Waals surface area (Å²) in [6, 6.07) is 0. The van der Waals surface area contributed by atoms with Crippen molar-refractivity contribution >= 4 is 39.5 Å². The molecule has 5 atom stereocenters. The van der Waals surface area contributed by atoms with Crippen LogP contribution in [-0.4, -0.2) is 96.7 Å². The predicted molar refractivity (Wildman–Crippen MR) is 404 cm³/mol. The summed E-state index contributed by atoms with van der Waals surface area (Å²) in [5.41, 5.74) is 0. The van der Waals surface area contributed by atoms with Gasteiger partial charge in [0.1, 0.15) is 19.3 Å². The van der Waals surface area contributed by atoms with Crippen LogP contribution in [0.5, 0.6) is 0 Å². The van der Waals surface area contributed by atoms with Crippen molar-refractivity contribution in [1.82, 2.24) is 0 Å². The molecule has 0 spiro atoms. The van der Waals surface area contributed by atoms with Crippen LogP contribution in [0.3, 0.4) is 0 Å². The Labute approximate surface area is 607 Å². The van der Waals surface area contributed by atoms with Gasteiger partial charge in [0.25, 0.3) is 0 Å². The first kappa shape index (κ1) is 97.1. The second-order valence-electron chi connectivity index (χ2n) is 30.7. The van der Waals surface area contributed by atoms with E-state index in [9.17, 15) is 43.2 Å². The molecule has 0 amide bonds. The molecule has 0 bridgehead atoms. The maximum absolute atomic E-state index is 13.1. The van der Waals surface area contributed by atoms with Gasteiger partial charge in [-0.3, -0.25) is 37.3 Å². The number of esters is 4. The summed E-state index contributed by atoms with van der Waals surface area (Å²) in [5.74, 6) is 0.923. The third-order valence-electron chi connectivity index (χ3n) is 18.6. The molecule has 0 aromatic heterocycles. The van der Waals surface area contributed by atoms with Crippen LogP contribution in [-0.2, 0) is 65.4 Å². The highest BCUT2D eigenvalue weighted by Gasteiger charge is 2.30. The number of carbonyl (C=O) groups excluding carboxylic acids is 4. The van der Waals surface area contributed by atoms with Gasteiger partial charge in [-0.2, -0.15) is 0 Å². The van der Waals surface area contributed by atoms with Crippen LogP contribution in [0.15, 0.2) is 0 Å². The molecule has 3 N–H and O–H groups in total. The van der Waals surface area contributed by atoms with Crippen LogP contribution < -0.4 is 0 Å². The third kappa shape index (κ3) is 74.1. The Morgan fingerprint density at radius 1 is 0.253 bits per heavy atom. The van der Waals surface area contributed by atoms with Crippen molar-refractivity contribution in [3.63, 3.8) is 0 Å². The quantitative estimate of drug-likeness (QED) is 0.0222. The zero-order valence-electron chi connectivity index (χ0n) is 65.1. The van der Waals surface area contributed by atoms with E-state index in [0.717, 1.165) is 114 Å². The van der Waals surface area contributed by atoms with E-state index in [2.05, 4.69) is 55.4 Å². The summed E-state index contributed by atoms with van der Waals surface area (Å²) < 4.78 is 68.6. The standard InChI is InChI=1S/C80H156O17P2/c1-70(2)56-48-40-32-26-20-16-13-11-9-10-12-14-18-22-29-35-44-52-60-77(82)90-66-75(96-80(85)63-55-47-37-31-25-24-28-34-42-50-58-72(5)6)68-94-98(86,87)92-64-74(81)65-93-99(88,89)95-69-76(67-91-78(83)61-53-45-39-38-43-51-59-73(7)8)97-79(84)62-54-46-36-30-23-19-15-17-21-27-33-41-49-57-71(3)4/h70-76,81H,9-69H2,1-8H3,(H,86,87)(H,88,89)/t74-,75-,76-/m1/s1. The lowest BCUT2D eigenvalue weighted by Gasteiger charge is -2.21. The number of carbonyl (C=O) groups is 4. The lowest BCUT2D eigenvalue weighted by atomic mass is 10.0. The minimum absolute atomic E-state index is 0.106. The Kier molecular flexibility index (Phi) is 67.8. The molecule has 0 aromatic carbocycles. The molecular weight excluding hydrogens is 1290 g/mol. The number of aliphatic hydroxyl groups excluding tert-OH is 1. The van der Waals surface area contributed by atoms with E-state index in [0.29, 0.717) is 31.6 Å². The van der Waals surface area contributed by atoms with Crippen LogP contribution >= 0.6 is 15.6 Å². The van der Waals surface area contributed by atoms with Gasteiger partial charge in [0.15, 0.2) is 12.2 Å². The average molecular weight is 1450 g/mol. The molecule has 0 saturated carbocycles. The highest BCUT2D eigenvalue weighted by Crippen LogP contribution is 2.45. The zero-order chi connectivity index (χ0) is 73.1. The van der Waals surface area contributed by atoms with E-state index >= 15 is 0 Å². The van der Waals surface area contributed by atoms with Gasteiger partial charge in [-0.25, -0.2) is 9.13 Å². The van der Waals surface area contributed by atoms with E-state index in [4.69, 9.17) is 37.0 Å². The number of phosphoric ester groups is 2. The van der Waals surface area contributed by atoms with Crippen LogP contribution in [0.1, 0.15) is 409 Å². The molecular formula is C80H156O17P2. The second-order valence-corrected chi connectivity index (χ2v) is 33.6. The molecule has 0 aliphatic rings. The number of unbranched alkanes of at least 4 members (excludes halogenated alkanes) is 43. The van der Waals surface area contributed by atoms with Gasteiger partial charge in [0, 0.05) is 25.7 Å². The zero-order valence-corrected chi connectivity index (χ0v) is 66.9. The molecule has 2 unspecified atom stereocenters. The predicted octanol–water partition coefficient (Wildman–Crippen LogP) is 23.6. The SMILES string of the molecule is CC(C)CCCCCCCCCCCCCCCCCCCCC(=O)OC[C@H](COP(=O)(O)OC[C@@H](O)COP(=O)(O)OC[C@@H](COC(=O)CCCCCCCCC(C)C)OC(=O)CCCCCCCCCCCCCCCC(C)C)OC(=O)CCCCCCCCCCCCC(C)C. The average Bonchev–Trinajstić information content (AvgIpc) is 0.992. The summed E-state index contributed by atoms with van der Waals surface area (Å²) in [6.45, 7) is 14.2. The fraction of sp³-hybridized carbons (Fsp3) is 0.950. The fourth-order valence-corrected chi connectivity index (χ4v) is 13.8. The van der Waals surface area contributed by atoms with Crippen LogP contribution in [0.2, 0.25) is 0 Å². The van der Waals surface area contributed by atoms with Crippen molar-refractivity contribution in [2.24, 2.45) is 23.7 Å². The van der Waals surface area contributed by atoms with E-state index < -0.39 is 97.5 Å². The number of hydrogen-bond donors (Lipinski definition) is 3. The second kappa shape index (κ2) is 69.1. The van der Waals surface area contributed by atoms with Gasteiger partial charge >= 0.3 is 39.5 Å². The molecule has 0 fully saturated rings. The Morgan fingerprint density at radius 3 is 0.626 bits per heavy atom. The highest BCUT2D eigenvalue weighted by atomic mass is 31.2. The van der Waals surface area contributed by atoms with E-state index in [1.54, 1.807) is 0 Å². The van der Waals surface area contributed by atoms with Gasteiger partial charge in [0.05, 0.1) is 26.4 Å². The number of aliphatic hydroxyl groups is 1. The minimum atomic E-state index is -4.96. The first-order valence-corrected chi connectivity index (χ1v) is 44.2. The lowest BCUT2D eigenvalue weighted by molar-refractivity contribution is -0.161. The van der Waals surface area contributed by atoms with E-state index in [-0.39, 0.29) is 25.7 Å². The van der Waals surface area contributed by atoms with E-state index in [1.807, 2.05) is 0 Å². The van der Waals surface area contributed by atoms with Crippen molar-refractivity contribution in [3.8, 4) is 0 Å². The number of hydrogen-bond acceptors (Lipinski definition) is 15. The summed E-state index contributed by atoms with van der Waals surface area (Å²) in [7, 11) is -9.92. The molecule has 99 heavy (non-hydrogen) atoms. The van der Waals surface area contributed by atoms with Gasteiger partial charge < -0.3 is 33.8 Å². The number of phosphoric acid groups is 2. The topological polar surface area (TPSA) is 237 Å². The van der Waals surface area contributed by atoms with Gasteiger partial charge in [0.2, 0.25) is 0 Å². The molecule has 19 heteroatoms. The largest absolute Gasteiger partial charge is 0.472 e. The highest BCUT2D eigenvalue weighted by molar-refractivity contribution is 7.47. The summed E-state index contributed by atoms with van der Waals surface area (Å²) in [4.78, 5) is 72.9. The first-order valence-electron chi connectivity index (χ1n) is 41.2. The van der Waals surface area contributed by atoms with Crippen molar-refractivity contribution in [2.75, 3.05) is 39.6 Å². The Balaban J connectivity index is 5.18. The Hall–Kier alpha value is -1.94. The van der Waals surface area contributed by atoms with E-state index in [1.165, 1.54) is 205 Å². The fourth-order valence-electron chi connectivity index (χ4n) is 12.3. The van der Waals surface area contributed by atoms with Gasteiger partial charge in [-0.05, 0) is 49.4 Å². The number of ether oxygens (including phenoxy) is 4. The number of rotatable bonds is 77. The van der Waals surface area contributed by atoms with Gasteiger partial charge in [-0.15, -0.1) is 0 Å². The molecule has 0 rings (SSSR count). The smallest absolute Gasteiger partial charge is 0.462 e. The molecule has 0 aliphatic heterocycles. The molecule has 588 valence electrons. The van der Waals surface area contributed by atoms with Crippen LogP contribution in [0, 0.1) is 23.7 Å².